The Bertz CT molecular complexity index is 8590. The van der Waals surface area contributed by atoms with E-state index in [4.69, 9.17) is 28.3 Å². The van der Waals surface area contributed by atoms with Crippen LogP contribution in [0.4, 0.5) is 11.4 Å². The van der Waals surface area contributed by atoms with Gasteiger partial charge in [0.1, 0.15) is 33.6 Å². The third-order valence-corrected chi connectivity index (χ3v) is 26.7. The summed E-state index contributed by atoms with van der Waals surface area (Å²) in [6.45, 7) is 5.26. The Morgan fingerprint density at radius 2 is 0.984 bits per heavy atom. The van der Waals surface area contributed by atoms with Crippen LogP contribution in [0.25, 0.3) is 215 Å². The van der Waals surface area contributed by atoms with E-state index in [-0.39, 0.29) is 11.5 Å². The number of hydrazone groups is 1. The highest BCUT2D eigenvalue weighted by molar-refractivity contribution is 6.39. The maximum atomic E-state index is 8.15. The molecule has 17 aromatic carbocycles. The van der Waals surface area contributed by atoms with E-state index in [1.54, 1.807) is 0 Å². The van der Waals surface area contributed by atoms with E-state index in [0.29, 0.717) is 6.54 Å². The van der Waals surface area contributed by atoms with Gasteiger partial charge >= 0.3 is 0 Å². The number of furan rings is 3. The van der Waals surface area contributed by atoms with E-state index in [1.807, 2.05) is 30.5 Å². The average Bonchev–Trinajstić information content (AvgIpc) is 1.51. The number of fused-ring (bicyclic) bond motifs is 13. The summed E-state index contributed by atoms with van der Waals surface area (Å²) in [5.41, 5.74) is 32.6. The van der Waals surface area contributed by atoms with Gasteiger partial charge in [0.15, 0.2) is 5.58 Å². The summed E-state index contributed by atoms with van der Waals surface area (Å²) in [4.78, 5) is 13.4. The fraction of sp³-hybridized carbons (Fsp3) is 0.0431. The minimum Gasteiger partial charge on any atom is -0.456 e. The van der Waals surface area contributed by atoms with Gasteiger partial charge < -0.3 is 18.2 Å². The Morgan fingerprint density at radius 3 is 1.85 bits per heavy atom. The molecule has 2 aliphatic carbocycles. The molecule has 1 atom stereocenters. The molecule has 0 fully saturated rings. The number of hydrogen-bond donors (Lipinski definition) is 0. The van der Waals surface area contributed by atoms with Crippen LogP contribution in [0.3, 0.4) is 0 Å². The Balaban J connectivity index is 0.707. The molecule has 0 amide bonds. The fourth-order valence-electron chi connectivity index (χ4n) is 21.0. The molecule has 580 valence electrons. The third kappa shape index (κ3) is 10.7. The van der Waals surface area contributed by atoms with Crippen molar-refractivity contribution in [2.75, 3.05) is 16.5 Å². The normalized spacial score (nSPS) is 14.8. The van der Waals surface area contributed by atoms with E-state index >= 15 is 0 Å². The molecular formula is C116H73N5O3. The first-order chi connectivity index (χ1) is 61.2. The number of anilines is 2. The van der Waals surface area contributed by atoms with Crippen LogP contribution in [-0.4, -0.2) is 28.3 Å². The molecule has 8 heteroatoms. The highest BCUT2D eigenvalue weighted by Gasteiger charge is 2.38. The molecule has 26 rings (SSSR count). The maximum Gasteiger partial charge on any atom is 0.159 e. The van der Waals surface area contributed by atoms with Gasteiger partial charge in [0.2, 0.25) is 0 Å². The second-order valence-corrected chi connectivity index (χ2v) is 33.9. The van der Waals surface area contributed by atoms with Gasteiger partial charge in [-0.05, 0) is 218 Å². The summed E-state index contributed by atoms with van der Waals surface area (Å²) in [5, 5.41) is 23.5. The monoisotopic (exact) mass is 1580 g/mol. The van der Waals surface area contributed by atoms with Crippen molar-refractivity contribution in [3.8, 4) is 89.1 Å². The number of rotatable bonds is 11. The smallest absolute Gasteiger partial charge is 0.159 e. The molecule has 124 heavy (non-hydrogen) atoms. The molecule has 1 unspecified atom stereocenters. The summed E-state index contributed by atoms with van der Waals surface area (Å²) in [7, 11) is 0. The van der Waals surface area contributed by atoms with Crippen LogP contribution in [0.15, 0.2) is 413 Å². The van der Waals surface area contributed by atoms with E-state index in [2.05, 4.69) is 382 Å². The number of nitrogens with zero attached hydrogens (tertiary/aromatic N) is 5. The predicted molar refractivity (Wildman–Crippen MR) is 515 cm³/mol. The van der Waals surface area contributed by atoms with Gasteiger partial charge in [-0.1, -0.05) is 293 Å². The molecule has 7 heterocycles. The van der Waals surface area contributed by atoms with Gasteiger partial charge in [-0.2, -0.15) is 5.10 Å². The topological polar surface area (TPSA) is 84.0 Å². The minimum atomic E-state index is -0.219. The summed E-state index contributed by atoms with van der Waals surface area (Å²) in [5.74, 6) is 0. The van der Waals surface area contributed by atoms with E-state index in [9.17, 15) is 0 Å². The molecule has 2 aliphatic heterocycles. The van der Waals surface area contributed by atoms with E-state index in [0.717, 1.165) is 204 Å². The van der Waals surface area contributed by atoms with Crippen molar-refractivity contribution in [3.05, 3.63) is 417 Å². The van der Waals surface area contributed by atoms with Crippen molar-refractivity contribution in [3.63, 3.8) is 0 Å². The molecular weight excluding hydrogens is 1510 g/mol. The first kappa shape index (κ1) is 69.9. The van der Waals surface area contributed by atoms with Gasteiger partial charge in [-0.15, -0.1) is 0 Å². The van der Waals surface area contributed by atoms with Crippen molar-refractivity contribution in [1.82, 2.24) is 9.97 Å². The maximum absolute atomic E-state index is 8.15. The van der Waals surface area contributed by atoms with E-state index < -0.39 is 0 Å². The van der Waals surface area contributed by atoms with Crippen LogP contribution in [0, 0.1) is 0 Å². The average molecular weight is 1580 g/mol. The number of para-hydroxylation sites is 2. The molecule has 8 nitrogen and oxygen atoms in total. The summed E-state index contributed by atoms with van der Waals surface area (Å²) in [6, 6.07) is 121. The lowest BCUT2D eigenvalue weighted by Crippen LogP contribution is -2.34. The number of aromatic nitrogens is 2. The predicted octanol–water partition coefficient (Wildman–Crippen LogP) is 30.4. The Kier molecular flexibility index (Phi) is 15.2. The van der Waals surface area contributed by atoms with Crippen LogP contribution in [0.2, 0.25) is 0 Å². The fourth-order valence-corrected chi connectivity index (χ4v) is 21.0. The summed E-state index contributed by atoms with van der Waals surface area (Å²) < 4.78 is 22.1. The van der Waals surface area contributed by atoms with Crippen molar-refractivity contribution < 1.29 is 13.3 Å². The first-order valence-corrected chi connectivity index (χ1v) is 42.7. The molecule has 0 radical (unpaired) electrons. The zero-order valence-electron chi connectivity index (χ0n) is 67.7. The number of hydrogen-bond acceptors (Lipinski definition) is 8. The standard InChI is InChI=1S/C116H73N5O3/c1-116(2)98-44-12-10-34-87(98)92-40-17-38-82(110(92)116)76-31-16-30-75(62-76)81-37-19-46-100-88(81)43-21-57-120(100)101-54-53-91-96-64-79(111-93-36-9-8-33-86(93)94-41-18-39-84(112(94)118-111)78-49-48-68-23-6-7-26-70(68)60-78)65-104-106(96)107-97(66-80(67-105(107)123-104)121-58-22-45-99(119-121)113-83(42-20-56-117-113)69-24-4-3-5-25-69)90-52-51-85(114-108(90)109(91)115(101)124-114)77-32-15-29-73(61-77)71-27-14-28-72(59-71)74-50-55-103-95(63-74)89-35-11-13-47-102(89)122-103/h3-57,59-67,100H,58H2,1-2H3. The van der Waals surface area contributed by atoms with Crippen LogP contribution in [0.1, 0.15) is 36.2 Å². The molecule has 0 N–H and O–H groups in total. The van der Waals surface area contributed by atoms with Crippen LogP contribution < -0.4 is 9.91 Å². The van der Waals surface area contributed by atoms with Gasteiger partial charge in [-0.25, -0.2) is 4.98 Å². The van der Waals surface area contributed by atoms with Crippen LogP contribution in [0.5, 0.6) is 0 Å². The minimum absolute atomic E-state index is 0.185. The van der Waals surface area contributed by atoms with Gasteiger partial charge in [0.05, 0.1) is 40.9 Å². The Hall–Kier alpha value is -16.0. The zero-order valence-corrected chi connectivity index (χ0v) is 67.7. The van der Waals surface area contributed by atoms with Gasteiger partial charge in [0, 0.05) is 89.2 Å². The third-order valence-electron chi connectivity index (χ3n) is 26.7. The Labute approximate surface area is 713 Å². The van der Waals surface area contributed by atoms with Crippen molar-refractivity contribution in [1.29, 1.82) is 0 Å². The quantitative estimate of drug-likeness (QED) is 0.119. The number of allylic oxidation sites excluding steroid dienone is 5. The molecule has 0 saturated heterocycles. The van der Waals surface area contributed by atoms with E-state index in [1.165, 1.54) is 55.3 Å². The van der Waals surface area contributed by atoms with Gasteiger partial charge in [-0.3, -0.25) is 9.99 Å². The molecule has 22 aromatic rings. The number of benzene rings is 16. The molecule has 4 aliphatic rings. The largest absolute Gasteiger partial charge is 0.456 e. The first-order valence-electron chi connectivity index (χ1n) is 42.7. The second-order valence-electron chi connectivity index (χ2n) is 33.9. The lowest BCUT2D eigenvalue weighted by Gasteiger charge is -2.35. The molecule has 0 bridgehead atoms. The van der Waals surface area contributed by atoms with Crippen LogP contribution >= 0.6 is 0 Å². The second kappa shape index (κ2) is 27.0. The van der Waals surface area contributed by atoms with Crippen molar-refractivity contribution >= 4 is 142 Å². The SMILES string of the molecule is CC1(C)c2ccccc2-c2cccc(-c3cccc(C4=CC=CC5C4=CC=CN5c4ccc5c6cc(-c7nc8c(-c9ccc%10ccccc%10c9)cccc8c8ccccc78)cc7oc8cc(N9CC=CC(c%10ncccc%10-c%10ccccc%10)=N9)cc(c9ccc(-c%10cccc(-c%11cccc(-c%12ccc%13oc%14ccccc%14c%13c%12)c%11)c%10)c%10oc4c5c%109)c8c76)c3)c21. The van der Waals surface area contributed by atoms with Crippen molar-refractivity contribution in [2.45, 2.75) is 25.3 Å². The Morgan fingerprint density at radius 1 is 0.363 bits per heavy atom. The van der Waals surface area contributed by atoms with Crippen molar-refractivity contribution in [2.24, 2.45) is 5.10 Å². The van der Waals surface area contributed by atoms with Gasteiger partial charge in [0.25, 0.3) is 0 Å². The highest BCUT2D eigenvalue weighted by atomic mass is 16.3. The zero-order chi connectivity index (χ0) is 81.6. The summed E-state index contributed by atoms with van der Waals surface area (Å²) >= 11 is 0. The molecule has 5 aromatic heterocycles. The summed E-state index contributed by atoms with van der Waals surface area (Å²) in [6.07, 6.45) is 19.8. The lowest BCUT2D eigenvalue weighted by molar-refractivity contribution is 0.662. The molecule has 0 spiro atoms. The highest BCUT2D eigenvalue weighted by Crippen LogP contribution is 2.56. The molecule has 0 saturated carbocycles. The number of pyridine rings is 2. The lowest BCUT2D eigenvalue weighted by atomic mass is 9.78. The van der Waals surface area contributed by atoms with Crippen LogP contribution in [-0.2, 0) is 5.41 Å².